The van der Waals surface area contributed by atoms with Crippen molar-refractivity contribution >= 4 is 23.4 Å². The summed E-state index contributed by atoms with van der Waals surface area (Å²) in [5.74, 6) is 1.00. The molecule has 2 aromatic rings. The van der Waals surface area contributed by atoms with Crippen molar-refractivity contribution in [2.75, 3.05) is 0 Å². The first-order valence-corrected chi connectivity index (χ1v) is 6.80. The molecule has 0 aliphatic heterocycles. The van der Waals surface area contributed by atoms with Gasteiger partial charge in [-0.1, -0.05) is 17.7 Å². The van der Waals surface area contributed by atoms with E-state index < -0.39 is 0 Å². The molecule has 0 unspecified atom stereocenters. The first-order valence-electron chi connectivity index (χ1n) is 5.44. The van der Waals surface area contributed by atoms with Crippen LogP contribution >= 0.6 is 23.4 Å². The highest BCUT2D eigenvalue weighted by molar-refractivity contribution is 7.98. The molecule has 0 amide bonds. The SMILES string of the molecule is Cc1nc(CSc2cccc(F)c2)nc(Cl)c1C. The number of hydrogen-bond acceptors (Lipinski definition) is 3. The summed E-state index contributed by atoms with van der Waals surface area (Å²) in [5, 5.41) is 0.484. The van der Waals surface area contributed by atoms with Gasteiger partial charge in [0.2, 0.25) is 0 Å². The highest BCUT2D eigenvalue weighted by Gasteiger charge is 2.06. The lowest BCUT2D eigenvalue weighted by Crippen LogP contribution is -1.99. The van der Waals surface area contributed by atoms with Gasteiger partial charge < -0.3 is 0 Å². The minimum Gasteiger partial charge on any atom is -0.237 e. The Hall–Kier alpha value is -1.13. The minimum atomic E-state index is -0.237. The van der Waals surface area contributed by atoms with Crippen LogP contribution in [0.25, 0.3) is 0 Å². The van der Waals surface area contributed by atoms with Crippen LogP contribution < -0.4 is 0 Å². The smallest absolute Gasteiger partial charge is 0.140 e. The predicted molar refractivity (Wildman–Crippen MR) is 72.5 cm³/mol. The monoisotopic (exact) mass is 282 g/mol. The molecule has 1 aromatic carbocycles. The zero-order valence-electron chi connectivity index (χ0n) is 10.1. The lowest BCUT2D eigenvalue weighted by molar-refractivity contribution is 0.624. The third-order valence-electron chi connectivity index (χ3n) is 2.54. The van der Waals surface area contributed by atoms with E-state index in [0.29, 0.717) is 16.7 Å². The molecule has 0 radical (unpaired) electrons. The van der Waals surface area contributed by atoms with Crippen LogP contribution in [0.15, 0.2) is 29.2 Å². The van der Waals surface area contributed by atoms with E-state index in [1.807, 2.05) is 19.9 Å². The molecule has 2 nitrogen and oxygen atoms in total. The summed E-state index contributed by atoms with van der Waals surface area (Å²) in [6.07, 6.45) is 0. The summed E-state index contributed by atoms with van der Waals surface area (Å²) in [7, 11) is 0. The van der Waals surface area contributed by atoms with E-state index in [1.165, 1.54) is 23.9 Å². The van der Waals surface area contributed by atoms with Gasteiger partial charge in [0.25, 0.3) is 0 Å². The molecule has 0 aliphatic rings. The molecule has 0 N–H and O–H groups in total. The average Bonchev–Trinajstić information content (AvgIpc) is 2.33. The molecule has 94 valence electrons. The summed E-state index contributed by atoms with van der Waals surface area (Å²) in [6, 6.07) is 6.46. The fraction of sp³-hybridized carbons (Fsp3) is 0.231. The molecule has 0 bridgehead atoms. The highest BCUT2D eigenvalue weighted by atomic mass is 35.5. The van der Waals surface area contributed by atoms with Gasteiger partial charge in [-0.3, -0.25) is 0 Å². The van der Waals surface area contributed by atoms with Gasteiger partial charge in [0.05, 0.1) is 5.75 Å². The Balaban J connectivity index is 2.11. The number of aryl methyl sites for hydroxylation is 1. The van der Waals surface area contributed by atoms with Crippen molar-refractivity contribution in [3.05, 3.63) is 52.3 Å². The van der Waals surface area contributed by atoms with Gasteiger partial charge >= 0.3 is 0 Å². The minimum absolute atomic E-state index is 0.237. The molecule has 18 heavy (non-hydrogen) atoms. The maximum absolute atomic E-state index is 13.0. The van der Waals surface area contributed by atoms with Gasteiger partial charge in [0.15, 0.2) is 0 Å². The highest BCUT2D eigenvalue weighted by Crippen LogP contribution is 2.23. The second kappa shape index (κ2) is 5.67. The number of aromatic nitrogens is 2. The molecule has 0 saturated carbocycles. The van der Waals surface area contributed by atoms with Gasteiger partial charge in [-0.15, -0.1) is 11.8 Å². The standard InChI is InChI=1S/C13H12ClFN2S/c1-8-9(2)16-12(17-13(8)14)7-18-11-5-3-4-10(15)6-11/h3-6H,7H2,1-2H3. The fourth-order valence-corrected chi connectivity index (χ4v) is 2.45. The Labute approximate surface area is 115 Å². The Morgan fingerprint density at radius 3 is 2.72 bits per heavy atom. The number of halogens is 2. The van der Waals surface area contributed by atoms with Crippen molar-refractivity contribution in [3.8, 4) is 0 Å². The Bertz CT molecular complexity index is 552. The van der Waals surface area contributed by atoms with Crippen LogP contribution in [0.1, 0.15) is 17.1 Å². The summed E-state index contributed by atoms with van der Waals surface area (Å²) >= 11 is 7.49. The van der Waals surface area contributed by atoms with Crippen LogP contribution in [0.5, 0.6) is 0 Å². The first kappa shape index (κ1) is 13.3. The largest absolute Gasteiger partial charge is 0.237 e. The quantitative estimate of drug-likeness (QED) is 0.624. The summed E-state index contributed by atoms with van der Waals surface area (Å²) in [5.41, 5.74) is 1.78. The van der Waals surface area contributed by atoms with E-state index in [-0.39, 0.29) is 5.82 Å². The van der Waals surface area contributed by atoms with Gasteiger partial charge in [-0.05, 0) is 32.0 Å². The van der Waals surface area contributed by atoms with E-state index in [9.17, 15) is 4.39 Å². The molecule has 0 aliphatic carbocycles. The molecule has 0 saturated heterocycles. The van der Waals surface area contributed by atoms with Crippen molar-refractivity contribution in [2.45, 2.75) is 24.5 Å². The third-order valence-corrected chi connectivity index (χ3v) is 3.90. The average molecular weight is 283 g/mol. The molecule has 0 atom stereocenters. The summed E-state index contributed by atoms with van der Waals surface area (Å²) in [4.78, 5) is 9.43. The Morgan fingerprint density at radius 2 is 2.06 bits per heavy atom. The third kappa shape index (κ3) is 3.21. The number of thioether (sulfide) groups is 1. The maximum Gasteiger partial charge on any atom is 0.140 e. The van der Waals surface area contributed by atoms with Crippen molar-refractivity contribution < 1.29 is 4.39 Å². The lowest BCUT2D eigenvalue weighted by atomic mass is 10.3. The van der Waals surface area contributed by atoms with E-state index in [0.717, 1.165) is 16.2 Å². The number of rotatable bonds is 3. The normalized spacial score (nSPS) is 10.7. The van der Waals surface area contributed by atoms with Crippen LogP contribution in [-0.2, 0) is 5.75 Å². The molecule has 1 heterocycles. The molecule has 0 fully saturated rings. The fourth-order valence-electron chi connectivity index (χ4n) is 1.42. The van der Waals surface area contributed by atoms with Crippen molar-refractivity contribution in [2.24, 2.45) is 0 Å². The zero-order valence-corrected chi connectivity index (χ0v) is 11.6. The van der Waals surface area contributed by atoms with Crippen LogP contribution in [0.3, 0.4) is 0 Å². The predicted octanol–water partition coefficient (Wildman–Crippen LogP) is 4.18. The Morgan fingerprint density at radius 1 is 1.28 bits per heavy atom. The summed E-state index contributed by atoms with van der Waals surface area (Å²) < 4.78 is 13.0. The molecule has 0 spiro atoms. The van der Waals surface area contributed by atoms with Crippen LogP contribution in [-0.4, -0.2) is 9.97 Å². The Kier molecular flexibility index (Phi) is 4.19. The van der Waals surface area contributed by atoms with Crippen molar-refractivity contribution in [1.82, 2.24) is 9.97 Å². The van der Waals surface area contributed by atoms with Gasteiger partial charge in [0.1, 0.15) is 16.8 Å². The topological polar surface area (TPSA) is 25.8 Å². The lowest BCUT2D eigenvalue weighted by Gasteiger charge is -2.05. The molecule has 5 heteroatoms. The van der Waals surface area contributed by atoms with Gasteiger partial charge in [0, 0.05) is 16.2 Å². The van der Waals surface area contributed by atoms with Gasteiger partial charge in [-0.25, -0.2) is 14.4 Å². The van der Waals surface area contributed by atoms with E-state index in [4.69, 9.17) is 11.6 Å². The van der Waals surface area contributed by atoms with Crippen LogP contribution in [0.4, 0.5) is 4.39 Å². The second-order valence-electron chi connectivity index (χ2n) is 3.89. The zero-order chi connectivity index (χ0) is 13.1. The molecular weight excluding hydrogens is 271 g/mol. The van der Waals surface area contributed by atoms with Gasteiger partial charge in [-0.2, -0.15) is 0 Å². The van der Waals surface area contributed by atoms with Crippen molar-refractivity contribution in [1.29, 1.82) is 0 Å². The molecule has 2 rings (SSSR count). The van der Waals surface area contributed by atoms with E-state index in [2.05, 4.69) is 9.97 Å². The number of nitrogens with zero attached hydrogens (tertiary/aromatic N) is 2. The van der Waals surface area contributed by atoms with Crippen molar-refractivity contribution in [3.63, 3.8) is 0 Å². The maximum atomic E-state index is 13.0. The van der Waals surface area contributed by atoms with Crippen LogP contribution in [0, 0.1) is 19.7 Å². The number of hydrogen-bond donors (Lipinski definition) is 0. The van der Waals surface area contributed by atoms with E-state index in [1.54, 1.807) is 6.07 Å². The number of benzene rings is 1. The molecular formula is C13H12ClFN2S. The van der Waals surface area contributed by atoms with E-state index >= 15 is 0 Å². The molecule has 1 aromatic heterocycles. The first-order chi connectivity index (χ1) is 8.56. The van der Waals surface area contributed by atoms with Crippen LogP contribution in [0.2, 0.25) is 5.15 Å². The summed E-state index contributed by atoms with van der Waals surface area (Å²) in [6.45, 7) is 3.79. The second-order valence-corrected chi connectivity index (χ2v) is 5.29.